The lowest BCUT2D eigenvalue weighted by Gasteiger charge is -2.14. The van der Waals surface area contributed by atoms with Crippen LogP contribution in [0.1, 0.15) is 30.1 Å². The van der Waals surface area contributed by atoms with Gasteiger partial charge >= 0.3 is 0 Å². The van der Waals surface area contributed by atoms with Crippen LogP contribution in [0.15, 0.2) is 46.9 Å². The molecule has 0 heterocycles. The Morgan fingerprint density at radius 2 is 1.95 bits per heavy atom. The van der Waals surface area contributed by atoms with Crippen LogP contribution < -0.4 is 4.74 Å². The highest BCUT2D eigenvalue weighted by atomic mass is 79.9. The van der Waals surface area contributed by atoms with E-state index < -0.39 is 6.10 Å². The van der Waals surface area contributed by atoms with E-state index in [4.69, 9.17) is 4.74 Å². The number of halogens is 2. The van der Waals surface area contributed by atoms with Crippen molar-refractivity contribution in [3.05, 3.63) is 63.9 Å². The Labute approximate surface area is 125 Å². The molecule has 1 unspecified atom stereocenters. The third-order valence-corrected chi connectivity index (χ3v) is 3.66. The zero-order valence-electron chi connectivity index (χ0n) is 10.7. The Bertz CT molecular complexity index is 605. The Morgan fingerprint density at radius 3 is 2.65 bits per heavy atom. The van der Waals surface area contributed by atoms with Crippen LogP contribution in [0.4, 0.5) is 4.39 Å². The van der Waals surface area contributed by atoms with Gasteiger partial charge in [0.2, 0.25) is 0 Å². The Hall–Kier alpha value is -1.39. The Morgan fingerprint density at radius 1 is 1.15 bits per heavy atom. The number of hydrogen-bond acceptors (Lipinski definition) is 2. The summed E-state index contributed by atoms with van der Waals surface area (Å²) in [6.45, 7) is 0. The first-order valence-corrected chi connectivity index (χ1v) is 7.32. The van der Waals surface area contributed by atoms with E-state index in [0.717, 1.165) is 18.6 Å². The molecule has 1 N–H and O–H groups in total. The predicted molar refractivity (Wildman–Crippen MR) is 78.3 cm³/mol. The zero-order valence-corrected chi connectivity index (χ0v) is 12.3. The number of rotatable bonds is 4. The largest absolute Gasteiger partial charge is 0.490 e. The minimum atomic E-state index is -0.871. The van der Waals surface area contributed by atoms with Gasteiger partial charge in [-0.1, -0.05) is 28.1 Å². The molecule has 0 amide bonds. The highest BCUT2D eigenvalue weighted by Gasteiger charge is 2.23. The Balaban J connectivity index is 1.86. The van der Waals surface area contributed by atoms with E-state index in [9.17, 15) is 9.50 Å². The quantitative estimate of drug-likeness (QED) is 0.906. The molecule has 0 aromatic heterocycles. The highest BCUT2D eigenvalue weighted by Crippen LogP contribution is 2.31. The maximum atomic E-state index is 13.4. The summed E-state index contributed by atoms with van der Waals surface area (Å²) in [6, 6.07) is 11.7. The van der Waals surface area contributed by atoms with Gasteiger partial charge in [0.15, 0.2) is 0 Å². The van der Waals surface area contributed by atoms with Gasteiger partial charge in [0.05, 0.1) is 6.10 Å². The number of hydrogen-bond donors (Lipinski definition) is 1. The fourth-order valence-electron chi connectivity index (χ4n) is 2.06. The van der Waals surface area contributed by atoms with Crippen molar-refractivity contribution < 1.29 is 14.2 Å². The molecular weight excluding hydrogens is 323 g/mol. The lowest BCUT2D eigenvalue weighted by atomic mass is 10.0. The molecule has 0 bridgehead atoms. The van der Waals surface area contributed by atoms with Gasteiger partial charge in [0, 0.05) is 4.47 Å². The summed E-state index contributed by atoms with van der Waals surface area (Å²) in [5, 5.41) is 10.4. The molecule has 1 aliphatic rings. The van der Waals surface area contributed by atoms with Crippen molar-refractivity contribution in [3.63, 3.8) is 0 Å². The van der Waals surface area contributed by atoms with Crippen LogP contribution in [0.2, 0.25) is 0 Å². The van der Waals surface area contributed by atoms with Crippen LogP contribution in [0, 0.1) is 5.82 Å². The summed E-state index contributed by atoms with van der Waals surface area (Å²) in [5.41, 5.74) is 1.21. The van der Waals surface area contributed by atoms with Crippen molar-refractivity contribution in [2.75, 3.05) is 0 Å². The second-order valence-corrected chi connectivity index (χ2v) is 5.91. The summed E-state index contributed by atoms with van der Waals surface area (Å²) in [5.74, 6) is 0.373. The van der Waals surface area contributed by atoms with Crippen molar-refractivity contribution in [1.29, 1.82) is 0 Å². The summed E-state index contributed by atoms with van der Waals surface area (Å²) in [6.07, 6.45) is 1.61. The highest BCUT2D eigenvalue weighted by molar-refractivity contribution is 9.10. The van der Waals surface area contributed by atoms with E-state index in [0.29, 0.717) is 21.7 Å². The predicted octanol–water partition coefficient (Wildman–Crippen LogP) is 4.21. The number of aliphatic hydroxyl groups is 1. The molecule has 104 valence electrons. The standard InChI is InChI=1S/C16H14BrFO2/c17-12-6-11(7-13(18)9-12)16(19)10-2-1-3-15(8-10)20-14-4-5-14/h1-3,6-9,14,16,19H,4-5H2. The van der Waals surface area contributed by atoms with Crippen molar-refractivity contribution in [3.8, 4) is 5.75 Å². The van der Waals surface area contributed by atoms with Gasteiger partial charge in [-0.3, -0.25) is 0 Å². The molecule has 1 fully saturated rings. The zero-order chi connectivity index (χ0) is 14.1. The average Bonchev–Trinajstić information content (AvgIpc) is 3.21. The molecule has 20 heavy (non-hydrogen) atoms. The molecule has 2 aromatic rings. The van der Waals surface area contributed by atoms with Gasteiger partial charge in [0.1, 0.15) is 17.7 Å². The maximum absolute atomic E-state index is 13.4. The second kappa shape index (κ2) is 5.54. The first-order valence-electron chi connectivity index (χ1n) is 6.52. The summed E-state index contributed by atoms with van der Waals surface area (Å²) < 4.78 is 19.7. The van der Waals surface area contributed by atoms with Crippen LogP contribution in [0.3, 0.4) is 0 Å². The minimum absolute atomic E-state index is 0.311. The number of ether oxygens (including phenoxy) is 1. The molecule has 1 atom stereocenters. The van der Waals surface area contributed by atoms with Crippen LogP contribution in [-0.4, -0.2) is 11.2 Å². The smallest absolute Gasteiger partial charge is 0.124 e. The fraction of sp³-hybridized carbons (Fsp3) is 0.250. The topological polar surface area (TPSA) is 29.5 Å². The maximum Gasteiger partial charge on any atom is 0.124 e. The second-order valence-electron chi connectivity index (χ2n) is 5.00. The van der Waals surface area contributed by atoms with Crippen molar-refractivity contribution in [2.45, 2.75) is 25.0 Å². The van der Waals surface area contributed by atoms with Crippen LogP contribution in [-0.2, 0) is 0 Å². The average molecular weight is 337 g/mol. The lowest BCUT2D eigenvalue weighted by Crippen LogP contribution is -2.02. The molecule has 0 saturated heterocycles. The van der Waals surface area contributed by atoms with Crippen LogP contribution in [0.25, 0.3) is 0 Å². The van der Waals surface area contributed by atoms with E-state index in [1.165, 1.54) is 12.1 Å². The molecule has 1 aliphatic carbocycles. The monoisotopic (exact) mass is 336 g/mol. The van der Waals surface area contributed by atoms with E-state index in [-0.39, 0.29) is 5.82 Å². The SMILES string of the molecule is OC(c1cc(F)cc(Br)c1)c1cccc(OC2CC2)c1. The lowest BCUT2D eigenvalue weighted by molar-refractivity contribution is 0.218. The van der Waals surface area contributed by atoms with E-state index >= 15 is 0 Å². The van der Waals surface area contributed by atoms with Crippen molar-refractivity contribution >= 4 is 15.9 Å². The van der Waals surface area contributed by atoms with Crippen molar-refractivity contribution in [1.82, 2.24) is 0 Å². The third kappa shape index (κ3) is 3.19. The summed E-state index contributed by atoms with van der Waals surface area (Å²) in [7, 11) is 0. The van der Waals surface area contributed by atoms with E-state index in [2.05, 4.69) is 15.9 Å². The fourth-order valence-corrected chi connectivity index (χ4v) is 2.54. The molecule has 4 heteroatoms. The van der Waals surface area contributed by atoms with Crippen LogP contribution >= 0.6 is 15.9 Å². The van der Waals surface area contributed by atoms with Gasteiger partial charge in [-0.2, -0.15) is 0 Å². The molecule has 0 radical (unpaired) electrons. The third-order valence-electron chi connectivity index (χ3n) is 3.20. The van der Waals surface area contributed by atoms with E-state index in [1.807, 2.05) is 24.3 Å². The molecular formula is C16H14BrFO2. The molecule has 0 spiro atoms. The van der Waals surface area contributed by atoms with Gasteiger partial charge in [0.25, 0.3) is 0 Å². The van der Waals surface area contributed by atoms with Gasteiger partial charge in [-0.15, -0.1) is 0 Å². The minimum Gasteiger partial charge on any atom is -0.490 e. The van der Waals surface area contributed by atoms with Gasteiger partial charge in [-0.05, 0) is 54.3 Å². The Kier molecular flexibility index (Phi) is 3.76. The molecule has 2 nitrogen and oxygen atoms in total. The molecule has 3 rings (SSSR count). The molecule has 0 aliphatic heterocycles. The summed E-state index contributed by atoms with van der Waals surface area (Å²) >= 11 is 3.23. The molecule has 2 aromatic carbocycles. The molecule has 1 saturated carbocycles. The normalized spacial score (nSPS) is 15.9. The first kappa shape index (κ1) is 13.6. The van der Waals surface area contributed by atoms with Gasteiger partial charge in [-0.25, -0.2) is 4.39 Å². The summed E-state index contributed by atoms with van der Waals surface area (Å²) in [4.78, 5) is 0. The van der Waals surface area contributed by atoms with Crippen molar-refractivity contribution in [2.24, 2.45) is 0 Å². The van der Waals surface area contributed by atoms with E-state index in [1.54, 1.807) is 6.07 Å². The van der Waals surface area contributed by atoms with Gasteiger partial charge < -0.3 is 9.84 Å². The van der Waals surface area contributed by atoms with Crippen LogP contribution in [0.5, 0.6) is 5.75 Å². The number of aliphatic hydroxyl groups excluding tert-OH is 1. The number of benzene rings is 2. The first-order chi connectivity index (χ1) is 9.61.